The molecule has 1 aliphatic heterocycles. The van der Waals surface area contributed by atoms with Gasteiger partial charge in [0.2, 0.25) is 0 Å². The molecule has 78 valence electrons. The van der Waals surface area contributed by atoms with Gasteiger partial charge in [0.15, 0.2) is 0 Å². The number of nitrogens with one attached hydrogen (secondary N) is 1. The van der Waals surface area contributed by atoms with Crippen molar-refractivity contribution in [3.8, 4) is 0 Å². The number of carbonyl (C=O) groups is 1. The molecule has 15 heavy (non-hydrogen) atoms. The molecule has 0 spiro atoms. The second-order valence-corrected chi connectivity index (χ2v) is 3.51. The van der Waals surface area contributed by atoms with Crippen LogP contribution in [-0.4, -0.2) is 26.0 Å². The van der Waals surface area contributed by atoms with Crippen LogP contribution in [0.4, 0.5) is 5.69 Å². The molecule has 3 nitrogen and oxygen atoms in total. The fourth-order valence-corrected chi connectivity index (χ4v) is 1.68. The van der Waals surface area contributed by atoms with E-state index < -0.39 is 0 Å². The molecule has 0 aliphatic carbocycles. The van der Waals surface area contributed by atoms with Gasteiger partial charge in [-0.25, -0.2) is 0 Å². The Balaban J connectivity index is 2.22. The second kappa shape index (κ2) is 4.17. The predicted molar refractivity (Wildman–Crippen MR) is 61.2 cm³/mol. The average molecular weight is 202 g/mol. The fourth-order valence-electron chi connectivity index (χ4n) is 1.68. The second-order valence-electron chi connectivity index (χ2n) is 3.51. The maximum absolute atomic E-state index is 11.4. The number of carbonyl (C=O) groups excluding carboxylic acids is 1. The molecule has 2 rings (SSSR count). The van der Waals surface area contributed by atoms with Crippen LogP contribution in [0.25, 0.3) is 0 Å². The molecule has 0 unspecified atom stereocenters. The molecule has 1 aromatic rings. The highest BCUT2D eigenvalue weighted by Crippen LogP contribution is 2.18. The van der Waals surface area contributed by atoms with Crippen LogP contribution < -0.4 is 10.2 Å². The lowest BCUT2D eigenvalue weighted by molar-refractivity contribution is 0.0963. The van der Waals surface area contributed by atoms with Crippen molar-refractivity contribution in [2.45, 2.75) is 0 Å². The summed E-state index contributed by atoms with van der Waals surface area (Å²) in [6.07, 6.45) is 4.26. The summed E-state index contributed by atoms with van der Waals surface area (Å²) in [4.78, 5) is 13.6. The largest absolute Gasteiger partial charge is 0.364 e. The number of rotatable bonds is 2. The Morgan fingerprint density at radius 2 is 2.07 bits per heavy atom. The lowest BCUT2D eigenvalue weighted by Crippen LogP contribution is -2.21. The van der Waals surface area contributed by atoms with Crippen LogP contribution in [0, 0.1) is 0 Å². The van der Waals surface area contributed by atoms with E-state index in [4.69, 9.17) is 0 Å². The maximum atomic E-state index is 11.4. The minimum atomic E-state index is -0.0380. The summed E-state index contributed by atoms with van der Waals surface area (Å²) < 4.78 is 0. The molecule has 1 aliphatic rings. The van der Waals surface area contributed by atoms with Crippen LogP contribution in [-0.2, 0) is 0 Å². The van der Waals surface area contributed by atoms with E-state index in [0.717, 1.165) is 18.8 Å². The molecule has 0 atom stereocenters. The molecule has 0 bridgehead atoms. The summed E-state index contributed by atoms with van der Waals surface area (Å²) in [5.41, 5.74) is 1.81. The van der Waals surface area contributed by atoms with Gasteiger partial charge in [0.05, 0.1) is 0 Å². The van der Waals surface area contributed by atoms with Crippen LogP contribution >= 0.6 is 0 Å². The van der Waals surface area contributed by atoms with E-state index in [-0.39, 0.29) is 5.91 Å². The van der Waals surface area contributed by atoms with Crippen LogP contribution in [0.2, 0.25) is 0 Å². The normalized spacial score (nSPS) is 14.3. The molecule has 0 saturated heterocycles. The van der Waals surface area contributed by atoms with Gasteiger partial charge in [-0.2, -0.15) is 0 Å². The minimum Gasteiger partial charge on any atom is -0.364 e. The molecule has 0 fully saturated rings. The Hall–Kier alpha value is -1.77. The molecule has 0 radical (unpaired) electrons. The minimum absolute atomic E-state index is 0.0380. The Morgan fingerprint density at radius 3 is 2.73 bits per heavy atom. The van der Waals surface area contributed by atoms with Gasteiger partial charge >= 0.3 is 0 Å². The van der Waals surface area contributed by atoms with Crippen LogP contribution in [0.3, 0.4) is 0 Å². The first-order valence-electron chi connectivity index (χ1n) is 5.03. The first kappa shape index (κ1) is 9.77. The zero-order chi connectivity index (χ0) is 10.7. The van der Waals surface area contributed by atoms with Gasteiger partial charge in [-0.15, -0.1) is 0 Å². The third-order valence-electron chi connectivity index (χ3n) is 2.52. The van der Waals surface area contributed by atoms with E-state index in [1.54, 1.807) is 7.05 Å². The molecular weight excluding hydrogens is 188 g/mol. The summed E-state index contributed by atoms with van der Waals surface area (Å²) in [6.45, 7) is 1.86. The molecule has 0 saturated carbocycles. The Kier molecular flexibility index (Phi) is 2.72. The molecule has 0 aromatic heterocycles. The third-order valence-corrected chi connectivity index (χ3v) is 2.52. The smallest absolute Gasteiger partial charge is 0.251 e. The van der Waals surface area contributed by atoms with Crippen LogP contribution in [0.1, 0.15) is 10.4 Å². The summed E-state index contributed by atoms with van der Waals surface area (Å²) in [5.74, 6) is -0.0380. The van der Waals surface area contributed by atoms with Crippen molar-refractivity contribution in [3.05, 3.63) is 42.0 Å². The number of benzene rings is 1. The molecule has 1 amide bonds. The number of hydrogen-bond acceptors (Lipinski definition) is 2. The lowest BCUT2D eigenvalue weighted by Gasteiger charge is -2.18. The molecular formula is C12H14N2O. The topological polar surface area (TPSA) is 32.3 Å². The first-order valence-corrected chi connectivity index (χ1v) is 5.03. The first-order chi connectivity index (χ1) is 7.31. The number of amides is 1. The molecule has 1 heterocycles. The van der Waals surface area contributed by atoms with E-state index in [0.29, 0.717) is 5.56 Å². The average Bonchev–Trinajstić information content (AvgIpc) is 2.82. The zero-order valence-electron chi connectivity index (χ0n) is 8.73. The SMILES string of the molecule is CNC(=O)c1cccc(N2CC=CC2)c1. The van der Waals surface area contributed by atoms with E-state index in [1.807, 2.05) is 24.3 Å². The van der Waals surface area contributed by atoms with Gasteiger partial charge in [0, 0.05) is 31.4 Å². The fraction of sp³-hybridized carbons (Fsp3) is 0.250. The van der Waals surface area contributed by atoms with Gasteiger partial charge in [-0.3, -0.25) is 4.79 Å². The predicted octanol–water partition coefficient (Wildman–Crippen LogP) is 1.42. The molecule has 1 aromatic carbocycles. The van der Waals surface area contributed by atoms with Crippen molar-refractivity contribution in [1.82, 2.24) is 5.32 Å². The quantitative estimate of drug-likeness (QED) is 0.736. The summed E-state index contributed by atoms with van der Waals surface area (Å²) in [5, 5.41) is 2.63. The van der Waals surface area contributed by atoms with E-state index in [1.165, 1.54) is 0 Å². The maximum Gasteiger partial charge on any atom is 0.251 e. The number of hydrogen-bond donors (Lipinski definition) is 1. The highest BCUT2D eigenvalue weighted by molar-refractivity contribution is 5.94. The van der Waals surface area contributed by atoms with Gasteiger partial charge < -0.3 is 10.2 Å². The van der Waals surface area contributed by atoms with Gasteiger partial charge in [-0.1, -0.05) is 18.2 Å². The van der Waals surface area contributed by atoms with Crippen molar-refractivity contribution in [2.75, 3.05) is 25.0 Å². The Bertz CT molecular complexity index is 390. The van der Waals surface area contributed by atoms with Gasteiger partial charge in [0.25, 0.3) is 5.91 Å². The number of anilines is 1. The van der Waals surface area contributed by atoms with Crippen molar-refractivity contribution in [1.29, 1.82) is 0 Å². The highest BCUT2D eigenvalue weighted by Gasteiger charge is 2.09. The highest BCUT2D eigenvalue weighted by atomic mass is 16.1. The van der Waals surface area contributed by atoms with Gasteiger partial charge in [-0.05, 0) is 18.2 Å². The van der Waals surface area contributed by atoms with Gasteiger partial charge in [0.1, 0.15) is 0 Å². The van der Waals surface area contributed by atoms with E-state index >= 15 is 0 Å². The van der Waals surface area contributed by atoms with E-state index in [2.05, 4.69) is 22.4 Å². The molecule has 3 heteroatoms. The monoisotopic (exact) mass is 202 g/mol. The van der Waals surface area contributed by atoms with Crippen molar-refractivity contribution in [2.24, 2.45) is 0 Å². The number of nitrogens with zero attached hydrogens (tertiary/aromatic N) is 1. The summed E-state index contributed by atoms with van der Waals surface area (Å²) >= 11 is 0. The third kappa shape index (κ3) is 2.01. The van der Waals surface area contributed by atoms with Crippen LogP contribution in [0.5, 0.6) is 0 Å². The van der Waals surface area contributed by atoms with Crippen molar-refractivity contribution >= 4 is 11.6 Å². The standard InChI is InChI=1S/C12H14N2O/c1-13-12(15)10-5-4-6-11(9-10)14-7-2-3-8-14/h2-6,9H,7-8H2,1H3,(H,13,15). The Labute approximate surface area is 89.4 Å². The summed E-state index contributed by atoms with van der Waals surface area (Å²) in [6, 6.07) is 7.69. The van der Waals surface area contributed by atoms with Crippen molar-refractivity contribution in [3.63, 3.8) is 0 Å². The van der Waals surface area contributed by atoms with Crippen molar-refractivity contribution < 1.29 is 4.79 Å². The summed E-state index contributed by atoms with van der Waals surface area (Å²) in [7, 11) is 1.65. The zero-order valence-corrected chi connectivity index (χ0v) is 8.73. The van der Waals surface area contributed by atoms with Crippen LogP contribution in [0.15, 0.2) is 36.4 Å². The lowest BCUT2D eigenvalue weighted by atomic mass is 10.2. The molecule has 1 N–H and O–H groups in total. The Morgan fingerprint density at radius 1 is 1.33 bits per heavy atom. The van der Waals surface area contributed by atoms with E-state index in [9.17, 15) is 4.79 Å².